The molecule has 8 heteroatoms. The van der Waals surface area contributed by atoms with E-state index >= 15 is 0 Å². The fraction of sp³-hybridized carbons (Fsp3) is 0.167. The SMILES string of the molecule is Cl.N#Cc1ccc(NC(=O)N2CCc3[nH]c4ncc(Cl)cc4c3C2)cc1. The minimum absolute atomic E-state index is 0. The second-order valence-electron chi connectivity index (χ2n) is 5.92. The third-order valence-corrected chi connectivity index (χ3v) is 4.55. The van der Waals surface area contributed by atoms with Gasteiger partial charge in [0, 0.05) is 48.0 Å². The summed E-state index contributed by atoms with van der Waals surface area (Å²) in [6.45, 7) is 1.12. The number of H-pyrrole nitrogens is 1. The molecule has 3 aromatic rings. The maximum atomic E-state index is 12.6. The number of carbonyl (C=O) groups is 1. The molecule has 1 aromatic carbocycles. The van der Waals surface area contributed by atoms with Crippen LogP contribution >= 0.6 is 24.0 Å². The Bertz CT molecular complexity index is 1010. The predicted molar refractivity (Wildman–Crippen MR) is 103 cm³/mol. The fourth-order valence-electron chi connectivity index (χ4n) is 3.06. The Morgan fingerprint density at radius 3 is 2.85 bits per heavy atom. The monoisotopic (exact) mass is 387 g/mol. The number of benzene rings is 1. The van der Waals surface area contributed by atoms with Gasteiger partial charge in [-0.1, -0.05) is 11.6 Å². The summed E-state index contributed by atoms with van der Waals surface area (Å²) in [6, 6.07) is 10.6. The second-order valence-corrected chi connectivity index (χ2v) is 6.36. The third kappa shape index (κ3) is 3.32. The van der Waals surface area contributed by atoms with Gasteiger partial charge in [0.05, 0.1) is 16.7 Å². The number of nitriles is 1. The first kappa shape index (κ1) is 18.1. The number of hydrogen-bond acceptors (Lipinski definition) is 3. The van der Waals surface area contributed by atoms with Gasteiger partial charge in [0.2, 0.25) is 0 Å². The van der Waals surface area contributed by atoms with Crippen molar-refractivity contribution < 1.29 is 4.79 Å². The number of halogens is 2. The maximum absolute atomic E-state index is 12.6. The number of carbonyl (C=O) groups excluding carboxylic acids is 1. The molecule has 3 heterocycles. The van der Waals surface area contributed by atoms with Crippen molar-refractivity contribution in [1.82, 2.24) is 14.9 Å². The first-order valence-electron chi connectivity index (χ1n) is 7.85. The zero-order valence-corrected chi connectivity index (χ0v) is 15.2. The van der Waals surface area contributed by atoms with Crippen LogP contribution in [0.25, 0.3) is 11.0 Å². The number of amides is 2. The second kappa shape index (κ2) is 7.24. The van der Waals surface area contributed by atoms with Crippen LogP contribution < -0.4 is 5.32 Å². The fourth-order valence-corrected chi connectivity index (χ4v) is 3.22. The maximum Gasteiger partial charge on any atom is 0.322 e. The minimum Gasteiger partial charge on any atom is -0.343 e. The lowest BCUT2D eigenvalue weighted by atomic mass is 10.1. The van der Waals surface area contributed by atoms with Crippen molar-refractivity contribution in [2.24, 2.45) is 0 Å². The molecule has 6 nitrogen and oxygen atoms in total. The van der Waals surface area contributed by atoms with Crippen LogP contribution in [0.3, 0.4) is 0 Å². The molecule has 0 atom stereocenters. The molecule has 0 bridgehead atoms. The summed E-state index contributed by atoms with van der Waals surface area (Å²) >= 11 is 6.06. The molecule has 0 radical (unpaired) electrons. The molecule has 26 heavy (non-hydrogen) atoms. The Labute approximate surface area is 161 Å². The average Bonchev–Trinajstić information content (AvgIpc) is 2.99. The molecule has 0 aliphatic carbocycles. The number of nitrogens with one attached hydrogen (secondary N) is 2. The lowest BCUT2D eigenvalue weighted by Crippen LogP contribution is -2.38. The number of rotatable bonds is 1. The molecule has 0 spiro atoms. The Balaban J connectivity index is 0.00000196. The highest BCUT2D eigenvalue weighted by Gasteiger charge is 2.24. The van der Waals surface area contributed by atoms with Crippen LogP contribution in [0.5, 0.6) is 0 Å². The molecule has 2 aromatic heterocycles. The summed E-state index contributed by atoms with van der Waals surface area (Å²) in [5.74, 6) is 0. The van der Waals surface area contributed by atoms with E-state index in [1.807, 2.05) is 6.07 Å². The zero-order chi connectivity index (χ0) is 17.4. The van der Waals surface area contributed by atoms with E-state index in [0.717, 1.165) is 28.7 Å². The summed E-state index contributed by atoms with van der Waals surface area (Å²) in [7, 11) is 0. The standard InChI is InChI=1S/C18H14ClN5O.ClH/c19-12-7-14-15-10-24(6-5-16(15)23-17(14)21-9-12)18(25)22-13-3-1-11(8-20)2-4-13;/h1-4,7,9H,5-6,10H2,(H,21,23)(H,22,25);1H. The van der Waals surface area contributed by atoms with E-state index in [1.165, 1.54) is 0 Å². The molecule has 0 unspecified atom stereocenters. The van der Waals surface area contributed by atoms with Crippen molar-refractivity contribution in [2.45, 2.75) is 13.0 Å². The first-order valence-corrected chi connectivity index (χ1v) is 8.23. The molecule has 2 N–H and O–H groups in total. The van der Waals surface area contributed by atoms with Crippen molar-refractivity contribution in [2.75, 3.05) is 11.9 Å². The van der Waals surface area contributed by atoms with E-state index in [0.29, 0.717) is 29.4 Å². The highest BCUT2D eigenvalue weighted by Crippen LogP contribution is 2.28. The number of fused-ring (bicyclic) bond motifs is 3. The van der Waals surface area contributed by atoms with Crippen LogP contribution in [0.2, 0.25) is 5.02 Å². The van der Waals surface area contributed by atoms with Crippen molar-refractivity contribution in [3.63, 3.8) is 0 Å². The largest absolute Gasteiger partial charge is 0.343 e. The topological polar surface area (TPSA) is 84.8 Å². The van der Waals surface area contributed by atoms with Crippen molar-refractivity contribution in [3.05, 3.63) is 58.4 Å². The molecule has 0 fully saturated rings. The summed E-state index contributed by atoms with van der Waals surface area (Å²) < 4.78 is 0. The van der Waals surface area contributed by atoms with Gasteiger partial charge in [-0.05, 0) is 30.3 Å². The highest BCUT2D eigenvalue weighted by atomic mass is 35.5. The molecule has 4 rings (SSSR count). The Morgan fingerprint density at radius 2 is 2.12 bits per heavy atom. The van der Waals surface area contributed by atoms with Gasteiger partial charge in [-0.25, -0.2) is 9.78 Å². The lowest BCUT2D eigenvalue weighted by molar-refractivity contribution is 0.206. The molecular formula is C18H15Cl2N5O. The van der Waals surface area contributed by atoms with E-state index < -0.39 is 0 Å². The van der Waals surface area contributed by atoms with Gasteiger partial charge in [0.1, 0.15) is 5.65 Å². The number of hydrogen-bond donors (Lipinski definition) is 2. The van der Waals surface area contributed by atoms with Gasteiger partial charge in [0.25, 0.3) is 0 Å². The number of aromatic nitrogens is 2. The number of pyridine rings is 1. The van der Waals surface area contributed by atoms with E-state index in [9.17, 15) is 4.79 Å². The smallest absolute Gasteiger partial charge is 0.322 e. The number of anilines is 1. The highest BCUT2D eigenvalue weighted by molar-refractivity contribution is 6.31. The molecule has 132 valence electrons. The quantitative estimate of drug-likeness (QED) is 0.658. The van der Waals surface area contributed by atoms with Gasteiger partial charge >= 0.3 is 6.03 Å². The van der Waals surface area contributed by atoms with Crippen molar-refractivity contribution >= 4 is 46.8 Å². The van der Waals surface area contributed by atoms with Gasteiger partial charge in [-0.3, -0.25) is 0 Å². The van der Waals surface area contributed by atoms with Crippen LogP contribution in [0.15, 0.2) is 36.5 Å². The summed E-state index contributed by atoms with van der Waals surface area (Å²) in [5.41, 5.74) is 4.18. The number of aromatic amines is 1. The number of urea groups is 1. The van der Waals surface area contributed by atoms with Crippen molar-refractivity contribution in [1.29, 1.82) is 5.26 Å². The molecule has 2 amide bonds. The summed E-state index contributed by atoms with van der Waals surface area (Å²) in [5, 5.41) is 13.2. The van der Waals surface area contributed by atoms with Crippen LogP contribution in [0.4, 0.5) is 10.5 Å². The molecule has 0 saturated heterocycles. The minimum atomic E-state index is -0.167. The molecular weight excluding hydrogens is 373 g/mol. The van der Waals surface area contributed by atoms with Crippen LogP contribution in [0, 0.1) is 11.3 Å². The van der Waals surface area contributed by atoms with Crippen molar-refractivity contribution in [3.8, 4) is 6.07 Å². The number of nitrogens with zero attached hydrogens (tertiary/aromatic N) is 3. The lowest BCUT2D eigenvalue weighted by Gasteiger charge is -2.27. The Kier molecular flexibility index (Phi) is 5.03. The third-order valence-electron chi connectivity index (χ3n) is 4.35. The van der Waals surface area contributed by atoms with E-state index in [-0.39, 0.29) is 18.4 Å². The predicted octanol–water partition coefficient (Wildman–Crippen LogP) is 4.10. The van der Waals surface area contributed by atoms with Gasteiger partial charge in [0.15, 0.2) is 0 Å². The van der Waals surface area contributed by atoms with E-state index in [4.69, 9.17) is 16.9 Å². The normalized spacial score (nSPS) is 12.8. The first-order chi connectivity index (χ1) is 12.1. The van der Waals surface area contributed by atoms with E-state index in [1.54, 1.807) is 35.4 Å². The van der Waals surface area contributed by atoms with Gasteiger partial charge in [-0.2, -0.15) is 5.26 Å². The van der Waals surface area contributed by atoms with Crippen LogP contribution in [-0.2, 0) is 13.0 Å². The van der Waals surface area contributed by atoms with Gasteiger partial charge < -0.3 is 15.2 Å². The van der Waals surface area contributed by atoms with Gasteiger partial charge in [-0.15, -0.1) is 12.4 Å². The molecule has 1 aliphatic rings. The van der Waals surface area contributed by atoms with Crippen LogP contribution in [0.1, 0.15) is 16.8 Å². The Morgan fingerprint density at radius 1 is 1.35 bits per heavy atom. The summed E-state index contributed by atoms with van der Waals surface area (Å²) in [4.78, 5) is 21.9. The average molecular weight is 388 g/mol. The molecule has 0 saturated carbocycles. The zero-order valence-electron chi connectivity index (χ0n) is 13.6. The Hall–Kier alpha value is -2.75. The van der Waals surface area contributed by atoms with Crippen LogP contribution in [-0.4, -0.2) is 27.4 Å². The molecule has 1 aliphatic heterocycles. The van der Waals surface area contributed by atoms with E-state index in [2.05, 4.69) is 21.4 Å². The summed E-state index contributed by atoms with van der Waals surface area (Å²) in [6.07, 6.45) is 2.35.